The average Bonchev–Trinajstić information content (AvgIpc) is 3.31. The number of rotatable bonds is 5. The van der Waals surface area contributed by atoms with Gasteiger partial charge in [0.15, 0.2) is 0 Å². The number of aromatic hydroxyl groups is 1. The lowest BCUT2D eigenvalue weighted by molar-refractivity contribution is -0.138. The molecular formula is C25H21Cl2F3N2O. The topological polar surface area (TPSA) is 48.9 Å². The van der Waals surface area contributed by atoms with Crippen LogP contribution < -0.4 is 0 Å². The van der Waals surface area contributed by atoms with Gasteiger partial charge >= 0.3 is 6.18 Å². The Morgan fingerprint density at radius 2 is 1.61 bits per heavy atom. The van der Waals surface area contributed by atoms with E-state index in [9.17, 15) is 18.3 Å². The van der Waals surface area contributed by atoms with E-state index in [0.717, 1.165) is 10.8 Å². The molecule has 1 aromatic heterocycles. The molecule has 3 nitrogen and oxygen atoms in total. The molecule has 1 unspecified atom stereocenters. The fraction of sp³-hybridized carbons (Fsp3) is 0.240. The van der Waals surface area contributed by atoms with E-state index in [1.54, 1.807) is 38.4 Å². The highest BCUT2D eigenvalue weighted by Crippen LogP contribution is 2.51. The van der Waals surface area contributed by atoms with Crippen LogP contribution in [0.5, 0.6) is 5.75 Å². The molecule has 8 heteroatoms. The highest BCUT2D eigenvalue weighted by atomic mass is 35.5. The van der Waals surface area contributed by atoms with Crippen LogP contribution in [0.15, 0.2) is 48.8 Å². The Morgan fingerprint density at radius 1 is 0.970 bits per heavy atom. The summed E-state index contributed by atoms with van der Waals surface area (Å²) in [6.45, 7) is 3.27. The summed E-state index contributed by atoms with van der Waals surface area (Å²) in [5.41, 5.74) is 0.659. The number of phenols is 1. The Kier molecular flexibility index (Phi) is 6.34. The van der Waals surface area contributed by atoms with Crippen LogP contribution in [0.2, 0.25) is 10.0 Å². The number of fused-ring (bicyclic) bond motifs is 1. The minimum absolute atomic E-state index is 0.00589. The van der Waals surface area contributed by atoms with Gasteiger partial charge in [-0.2, -0.15) is 18.3 Å². The molecule has 0 aliphatic rings. The number of alkyl halides is 3. The molecule has 33 heavy (non-hydrogen) atoms. The van der Waals surface area contributed by atoms with Gasteiger partial charge in [0, 0.05) is 28.8 Å². The Morgan fingerprint density at radius 3 is 2.15 bits per heavy atom. The van der Waals surface area contributed by atoms with Gasteiger partial charge in [0.1, 0.15) is 5.75 Å². The number of aromatic nitrogens is 2. The van der Waals surface area contributed by atoms with E-state index in [-0.39, 0.29) is 39.8 Å². The number of H-pyrrole nitrogens is 1. The molecule has 2 N–H and O–H groups in total. The number of aromatic amines is 1. The third-order valence-electron chi connectivity index (χ3n) is 5.97. The molecule has 4 aromatic rings. The molecule has 172 valence electrons. The highest BCUT2D eigenvalue weighted by molar-refractivity contribution is 6.37. The Hall–Kier alpha value is -2.70. The van der Waals surface area contributed by atoms with Gasteiger partial charge in [0.05, 0.1) is 21.8 Å². The number of hydrogen-bond acceptors (Lipinski definition) is 2. The molecule has 0 bridgehead atoms. The molecule has 3 aromatic carbocycles. The van der Waals surface area contributed by atoms with Gasteiger partial charge in [-0.05, 0) is 40.8 Å². The lowest BCUT2D eigenvalue weighted by Crippen LogP contribution is -2.17. The summed E-state index contributed by atoms with van der Waals surface area (Å²) >= 11 is 13.4. The first-order valence-corrected chi connectivity index (χ1v) is 11.2. The third kappa shape index (κ3) is 3.96. The lowest BCUT2D eigenvalue weighted by atomic mass is 9.80. The molecule has 0 amide bonds. The van der Waals surface area contributed by atoms with Gasteiger partial charge in [0.25, 0.3) is 0 Å². The maximum atomic E-state index is 14.1. The lowest BCUT2D eigenvalue weighted by Gasteiger charge is -2.27. The normalized spacial score (nSPS) is 12.9. The summed E-state index contributed by atoms with van der Waals surface area (Å²) in [6.07, 6.45) is -1.26. The van der Waals surface area contributed by atoms with E-state index in [1.165, 1.54) is 0 Å². The second-order valence-electron chi connectivity index (χ2n) is 7.76. The smallest absolute Gasteiger partial charge is 0.417 e. The fourth-order valence-electron chi connectivity index (χ4n) is 4.57. The van der Waals surface area contributed by atoms with Crippen LogP contribution in [-0.2, 0) is 19.0 Å². The van der Waals surface area contributed by atoms with Gasteiger partial charge in [0.2, 0.25) is 0 Å². The fourth-order valence-corrected chi connectivity index (χ4v) is 5.48. The Labute approximate surface area is 199 Å². The highest BCUT2D eigenvalue weighted by Gasteiger charge is 2.40. The SMILES string of the molecule is CCc1c(Cl)c(C(c2cn[nH]c2)c2c(O)ccc3ccccc23)c(Cl)c(CC)c1C(F)(F)F. The molecule has 0 spiro atoms. The van der Waals surface area contributed by atoms with E-state index in [0.29, 0.717) is 16.7 Å². The van der Waals surface area contributed by atoms with Crippen molar-refractivity contribution in [1.29, 1.82) is 0 Å². The largest absolute Gasteiger partial charge is 0.508 e. The zero-order chi connectivity index (χ0) is 23.9. The van der Waals surface area contributed by atoms with Crippen LogP contribution in [0.3, 0.4) is 0 Å². The predicted octanol–water partition coefficient (Wildman–Crippen LogP) is 7.90. The van der Waals surface area contributed by atoms with Crippen molar-refractivity contribution in [3.63, 3.8) is 0 Å². The molecular weight excluding hydrogens is 472 g/mol. The first kappa shape index (κ1) is 23.5. The number of nitrogens with zero attached hydrogens (tertiary/aromatic N) is 1. The van der Waals surface area contributed by atoms with Gasteiger partial charge in [-0.15, -0.1) is 0 Å². The van der Waals surface area contributed by atoms with Crippen molar-refractivity contribution in [2.75, 3.05) is 0 Å². The second kappa shape index (κ2) is 8.92. The summed E-state index contributed by atoms with van der Waals surface area (Å²) < 4.78 is 42.2. The van der Waals surface area contributed by atoms with Crippen molar-refractivity contribution in [2.24, 2.45) is 0 Å². The molecule has 0 aliphatic carbocycles. The minimum Gasteiger partial charge on any atom is -0.508 e. The maximum Gasteiger partial charge on any atom is 0.417 e. The first-order valence-electron chi connectivity index (χ1n) is 10.5. The summed E-state index contributed by atoms with van der Waals surface area (Å²) in [7, 11) is 0. The molecule has 1 heterocycles. The number of phenolic OH excluding ortho intramolecular Hbond substituents is 1. The molecule has 0 saturated heterocycles. The number of hydrogen-bond donors (Lipinski definition) is 2. The Bertz CT molecular complexity index is 1290. The van der Waals surface area contributed by atoms with Crippen molar-refractivity contribution < 1.29 is 18.3 Å². The van der Waals surface area contributed by atoms with E-state index in [2.05, 4.69) is 10.2 Å². The summed E-state index contributed by atoms with van der Waals surface area (Å²) in [5.74, 6) is -0.754. The van der Waals surface area contributed by atoms with Gasteiger partial charge in [-0.3, -0.25) is 5.10 Å². The van der Waals surface area contributed by atoms with Gasteiger partial charge < -0.3 is 5.11 Å². The average molecular weight is 493 g/mol. The van der Waals surface area contributed by atoms with Crippen LogP contribution in [-0.4, -0.2) is 15.3 Å². The Balaban J connectivity index is 2.16. The first-order chi connectivity index (χ1) is 15.7. The van der Waals surface area contributed by atoms with Crippen molar-refractivity contribution in [2.45, 2.75) is 38.8 Å². The monoisotopic (exact) mass is 492 g/mol. The summed E-state index contributed by atoms with van der Waals surface area (Å²) in [5, 5.41) is 19.3. The van der Waals surface area contributed by atoms with Crippen molar-refractivity contribution in [1.82, 2.24) is 10.2 Å². The standard InChI is InChI=1S/C25H21Cl2F3N2O/c1-3-15-22(25(28,29)30)16(4-2)24(27)21(23(15)26)19(14-11-31-32-12-14)20-17-8-6-5-7-13(17)9-10-18(20)33/h5-12,19,33H,3-4H2,1-2H3,(H,31,32). The van der Waals surface area contributed by atoms with E-state index < -0.39 is 17.7 Å². The predicted molar refractivity (Wildman–Crippen MR) is 125 cm³/mol. The van der Waals surface area contributed by atoms with Crippen molar-refractivity contribution in [3.8, 4) is 5.75 Å². The zero-order valence-electron chi connectivity index (χ0n) is 17.9. The van der Waals surface area contributed by atoms with Crippen LogP contribution in [0.25, 0.3) is 10.8 Å². The van der Waals surface area contributed by atoms with Crippen LogP contribution >= 0.6 is 23.2 Å². The minimum atomic E-state index is -4.60. The molecule has 0 saturated carbocycles. The number of benzene rings is 3. The van der Waals surface area contributed by atoms with E-state index >= 15 is 0 Å². The quantitative estimate of drug-likeness (QED) is 0.297. The summed E-state index contributed by atoms with van der Waals surface area (Å²) in [6, 6.07) is 10.8. The number of halogens is 5. The maximum absolute atomic E-state index is 14.1. The van der Waals surface area contributed by atoms with Crippen LogP contribution in [0, 0.1) is 0 Å². The van der Waals surface area contributed by atoms with Gasteiger partial charge in [-0.1, -0.05) is 67.4 Å². The molecule has 0 aliphatic heterocycles. The van der Waals surface area contributed by atoms with Crippen molar-refractivity contribution in [3.05, 3.63) is 92.2 Å². The van der Waals surface area contributed by atoms with Gasteiger partial charge in [-0.25, -0.2) is 0 Å². The van der Waals surface area contributed by atoms with Crippen LogP contribution in [0.4, 0.5) is 13.2 Å². The third-order valence-corrected chi connectivity index (χ3v) is 6.84. The molecule has 1 atom stereocenters. The molecule has 0 fully saturated rings. The number of nitrogens with one attached hydrogen (secondary N) is 1. The van der Waals surface area contributed by atoms with Crippen LogP contribution in [0.1, 0.15) is 53.1 Å². The zero-order valence-corrected chi connectivity index (χ0v) is 19.4. The van der Waals surface area contributed by atoms with E-state index in [1.807, 2.05) is 24.3 Å². The molecule has 0 radical (unpaired) electrons. The summed E-state index contributed by atoms with van der Waals surface area (Å²) in [4.78, 5) is 0. The second-order valence-corrected chi connectivity index (χ2v) is 8.52. The van der Waals surface area contributed by atoms with E-state index in [4.69, 9.17) is 23.2 Å². The molecule has 4 rings (SSSR count). The van der Waals surface area contributed by atoms with Crippen molar-refractivity contribution >= 4 is 34.0 Å².